The van der Waals surface area contributed by atoms with Crippen LogP contribution in [0.1, 0.15) is 58.3 Å². The SMILES string of the molecule is CC1(CCCOC2CCCCO2)CCCC(=O)NC1. The normalized spacial score (nSPS) is 32.7. The molecule has 2 rings (SSSR count). The third kappa shape index (κ3) is 5.11. The summed E-state index contributed by atoms with van der Waals surface area (Å²) in [6, 6.07) is 0. The first-order valence-electron chi connectivity index (χ1n) is 7.68. The molecule has 1 N–H and O–H groups in total. The van der Waals surface area contributed by atoms with Crippen molar-refractivity contribution in [2.75, 3.05) is 19.8 Å². The third-order valence-corrected chi connectivity index (χ3v) is 4.26. The zero-order valence-electron chi connectivity index (χ0n) is 12.1. The lowest BCUT2D eigenvalue weighted by Crippen LogP contribution is -2.33. The Labute approximate surface area is 116 Å². The number of hydrogen-bond donors (Lipinski definition) is 1. The fourth-order valence-electron chi connectivity index (χ4n) is 2.93. The van der Waals surface area contributed by atoms with Crippen molar-refractivity contribution in [3.05, 3.63) is 0 Å². The molecular formula is C15H27NO3. The lowest BCUT2D eigenvalue weighted by atomic mass is 9.81. The van der Waals surface area contributed by atoms with E-state index in [2.05, 4.69) is 12.2 Å². The molecule has 19 heavy (non-hydrogen) atoms. The number of amides is 1. The summed E-state index contributed by atoms with van der Waals surface area (Å²) in [5.74, 6) is 0.204. The Morgan fingerprint density at radius 1 is 1.42 bits per heavy atom. The van der Waals surface area contributed by atoms with Crippen LogP contribution < -0.4 is 5.32 Å². The molecule has 2 saturated heterocycles. The highest BCUT2D eigenvalue weighted by atomic mass is 16.7. The topological polar surface area (TPSA) is 47.6 Å². The maximum atomic E-state index is 11.4. The standard InChI is InChI=1S/C15H27NO3/c1-15(8-4-6-13(17)16-12-15)9-5-11-19-14-7-2-3-10-18-14/h14H,2-12H2,1H3,(H,16,17). The molecule has 0 radical (unpaired) electrons. The Bertz CT molecular complexity index is 289. The Kier molecular flexibility index (Phi) is 5.64. The van der Waals surface area contributed by atoms with E-state index in [0.717, 1.165) is 58.3 Å². The molecule has 0 aromatic rings. The molecule has 2 heterocycles. The van der Waals surface area contributed by atoms with Crippen molar-refractivity contribution in [3.8, 4) is 0 Å². The van der Waals surface area contributed by atoms with Gasteiger partial charge in [-0.25, -0.2) is 0 Å². The first kappa shape index (κ1) is 14.8. The minimum absolute atomic E-state index is 0.0235. The average molecular weight is 269 g/mol. The average Bonchev–Trinajstić information content (AvgIpc) is 2.59. The molecular weight excluding hydrogens is 242 g/mol. The molecule has 2 aliphatic rings. The van der Waals surface area contributed by atoms with Gasteiger partial charge in [0.05, 0.1) is 0 Å². The van der Waals surface area contributed by atoms with E-state index in [0.29, 0.717) is 6.42 Å². The summed E-state index contributed by atoms with van der Waals surface area (Å²) in [5.41, 5.74) is 0.239. The van der Waals surface area contributed by atoms with E-state index >= 15 is 0 Å². The molecule has 2 atom stereocenters. The first-order valence-corrected chi connectivity index (χ1v) is 7.68. The van der Waals surface area contributed by atoms with Crippen molar-refractivity contribution in [1.82, 2.24) is 5.32 Å². The van der Waals surface area contributed by atoms with Crippen LogP contribution in [0.15, 0.2) is 0 Å². The zero-order chi connectivity index (χ0) is 13.6. The summed E-state index contributed by atoms with van der Waals surface area (Å²) in [4.78, 5) is 11.4. The third-order valence-electron chi connectivity index (χ3n) is 4.26. The maximum absolute atomic E-state index is 11.4. The molecule has 0 aliphatic carbocycles. The molecule has 2 unspecified atom stereocenters. The molecule has 2 aliphatic heterocycles. The van der Waals surface area contributed by atoms with Crippen LogP contribution in [0.25, 0.3) is 0 Å². The van der Waals surface area contributed by atoms with E-state index in [1.807, 2.05) is 0 Å². The van der Waals surface area contributed by atoms with Gasteiger partial charge in [-0.3, -0.25) is 4.79 Å². The molecule has 4 nitrogen and oxygen atoms in total. The summed E-state index contributed by atoms with van der Waals surface area (Å²) < 4.78 is 11.3. The van der Waals surface area contributed by atoms with Gasteiger partial charge in [-0.15, -0.1) is 0 Å². The number of rotatable bonds is 5. The van der Waals surface area contributed by atoms with Crippen LogP contribution in [0.4, 0.5) is 0 Å². The number of hydrogen-bond acceptors (Lipinski definition) is 3. The quantitative estimate of drug-likeness (QED) is 0.780. The van der Waals surface area contributed by atoms with Crippen molar-refractivity contribution >= 4 is 5.91 Å². The fraction of sp³-hybridized carbons (Fsp3) is 0.933. The second-order valence-corrected chi connectivity index (χ2v) is 6.21. The van der Waals surface area contributed by atoms with Gasteiger partial charge >= 0.3 is 0 Å². The van der Waals surface area contributed by atoms with Crippen LogP contribution in [-0.4, -0.2) is 32.0 Å². The van der Waals surface area contributed by atoms with Crippen LogP contribution in [0.2, 0.25) is 0 Å². The van der Waals surface area contributed by atoms with Gasteiger partial charge in [-0.1, -0.05) is 6.92 Å². The molecule has 4 heteroatoms. The molecule has 0 spiro atoms. The maximum Gasteiger partial charge on any atom is 0.220 e. The van der Waals surface area contributed by atoms with Crippen LogP contribution in [0, 0.1) is 5.41 Å². The molecule has 2 fully saturated rings. The molecule has 1 amide bonds. The molecule has 0 saturated carbocycles. The van der Waals surface area contributed by atoms with E-state index in [9.17, 15) is 4.79 Å². The largest absolute Gasteiger partial charge is 0.356 e. The number of carbonyl (C=O) groups excluding carboxylic acids is 1. The predicted octanol–water partition coefficient (Wildman–Crippen LogP) is 2.62. The zero-order valence-corrected chi connectivity index (χ0v) is 12.1. The molecule has 110 valence electrons. The first-order chi connectivity index (χ1) is 9.18. The summed E-state index contributed by atoms with van der Waals surface area (Å²) in [6.07, 6.45) is 8.42. The van der Waals surface area contributed by atoms with Gasteiger partial charge in [0.1, 0.15) is 0 Å². The number of nitrogens with one attached hydrogen (secondary N) is 1. The molecule has 0 bridgehead atoms. The summed E-state index contributed by atoms with van der Waals surface area (Å²) >= 11 is 0. The van der Waals surface area contributed by atoms with Gasteiger partial charge < -0.3 is 14.8 Å². The van der Waals surface area contributed by atoms with Gasteiger partial charge in [0.15, 0.2) is 6.29 Å². The lowest BCUT2D eigenvalue weighted by molar-refractivity contribution is -0.163. The van der Waals surface area contributed by atoms with Gasteiger partial charge in [-0.2, -0.15) is 0 Å². The van der Waals surface area contributed by atoms with Crippen LogP contribution in [0.5, 0.6) is 0 Å². The Morgan fingerprint density at radius 2 is 2.32 bits per heavy atom. The lowest BCUT2D eigenvalue weighted by Gasteiger charge is -2.28. The van der Waals surface area contributed by atoms with E-state index in [1.54, 1.807) is 0 Å². The smallest absolute Gasteiger partial charge is 0.220 e. The van der Waals surface area contributed by atoms with Gasteiger partial charge in [-0.05, 0) is 50.4 Å². The highest BCUT2D eigenvalue weighted by Crippen LogP contribution is 2.31. The van der Waals surface area contributed by atoms with E-state index < -0.39 is 0 Å². The van der Waals surface area contributed by atoms with Crippen molar-refractivity contribution < 1.29 is 14.3 Å². The number of carbonyl (C=O) groups is 1. The van der Waals surface area contributed by atoms with Crippen LogP contribution in [-0.2, 0) is 14.3 Å². The second-order valence-electron chi connectivity index (χ2n) is 6.21. The predicted molar refractivity (Wildman–Crippen MR) is 73.7 cm³/mol. The molecule has 0 aromatic carbocycles. The summed E-state index contributed by atoms with van der Waals surface area (Å²) in [7, 11) is 0. The van der Waals surface area contributed by atoms with Gasteiger partial charge in [0.2, 0.25) is 5.91 Å². The van der Waals surface area contributed by atoms with Crippen LogP contribution in [0.3, 0.4) is 0 Å². The minimum Gasteiger partial charge on any atom is -0.356 e. The van der Waals surface area contributed by atoms with E-state index in [1.165, 1.54) is 6.42 Å². The van der Waals surface area contributed by atoms with Crippen molar-refractivity contribution in [2.24, 2.45) is 5.41 Å². The fourth-order valence-corrected chi connectivity index (χ4v) is 2.93. The van der Waals surface area contributed by atoms with Crippen molar-refractivity contribution in [2.45, 2.75) is 64.6 Å². The minimum atomic E-state index is 0.0235. The second kappa shape index (κ2) is 7.25. The highest BCUT2D eigenvalue weighted by molar-refractivity contribution is 5.76. The van der Waals surface area contributed by atoms with E-state index in [-0.39, 0.29) is 17.6 Å². The number of ether oxygens (including phenoxy) is 2. The monoisotopic (exact) mass is 269 g/mol. The highest BCUT2D eigenvalue weighted by Gasteiger charge is 2.27. The van der Waals surface area contributed by atoms with Gasteiger partial charge in [0.25, 0.3) is 0 Å². The van der Waals surface area contributed by atoms with Crippen LogP contribution >= 0.6 is 0 Å². The Balaban J connectivity index is 1.62. The van der Waals surface area contributed by atoms with Gasteiger partial charge in [0, 0.05) is 26.2 Å². The molecule has 0 aromatic heterocycles. The van der Waals surface area contributed by atoms with Crippen molar-refractivity contribution in [1.29, 1.82) is 0 Å². The Hall–Kier alpha value is -0.610. The Morgan fingerprint density at radius 3 is 3.11 bits per heavy atom. The van der Waals surface area contributed by atoms with E-state index in [4.69, 9.17) is 9.47 Å². The van der Waals surface area contributed by atoms with Crippen molar-refractivity contribution in [3.63, 3.8) is 0 Å². The summed E-state index contributed by atoms with van der Waals surface area (Å²) in [5, 5.41) is 3.02. The summed E-state index contributed by atoms with van der Waals surface area (Å²) in [6.45, 7) is 4.70.